The summed E-state index contributed by atoms with van der Waals surface area (Å²) in [5.41, 5.74) is -1.03. The summed E-state index contributed by atoms with van der Waals surface area (Å²) in [6.07, 6.45) is -7.43. The van der Waals surface area contributed by atoms with Gasteiger partial charge in [0.15, 0.2) is 11.5 Å². The first kappa shape index (κ1) is 20.4. The van der Waals surface area contributed by atoms with Crippen LogP contribution in [0.2, 0.25) is 0 Å². The van der Waals surface area contributed by atoms with Crippen LogP contribution in [-0.4, -0.2) is 83.4 Å². The van der Waals surface area contributed by atoms with Crippen LogP contribution in [0.25, 0.3) is 0 Å². The van der Waals surface area contributed by atoms with E-state index in [-0.39, 0.29) is 12.0 Å². The normalized spacial score (nSPS) is 27.2. The Balaban J connectivity index is 2.46. The van der Waals surface area contributed by atoms with Gasteiger partial charge in [-0.05, 0) is 30.2 Å². The summed E-state index contributed by atoms with van der Waals surface area (Å²) in [7, 11) is 0. The van der Waals surface area contributed by atoms with Gasteiger partial charge in [0.05, 0.1) is 12.6 Å². The molecular formula is C16H23NO9. The first-order valence-electron chi connectivity index (χ1n) is 7.90. The quantitative estimate of drug-likeness (QED) is 0.242. The maximum Gasteiger partial charge on any atom is 0.323 e. The Labute approximate surface area is 148 Å². The standard InChI is InChI=1S/C16H23NO9/c1-16(15(25)26)4-6-2-8(19)9(20)3-7(6)11(17-16)13(23)14(24)12(22)10(21)5-18/h2-3,10-14,17-24H,4-5H2,1H3,(H,25,26)/t10-,11-,12-,13+,14+,16+/m1/s1. The minimum Gasteiger partial charge on any atom is -0.504 e. The number of carbonyl (C=O) groups is 1. The van der Waals surface area contributed by atoms with Gasteiger partial charge < -0.3 is 40.9 Å². The first-order valence-corrected chi connectivity index (χ1v) is 7.90. The average molecular weight is 373 g/mol. The van der Waals surface area contributed by atoms with E-state index >= 15 is 0 Å². The molecule has 10 nitrogen and oxygen atoms in total. The van der Waals surface area contributed by atoms with Crippen LogP contribution >= 0.6 is 0 Å². The Morgan fingerprint density at radius 1 is 1.19 bits per heavy atom. The van der Waals surface area contributed by atoms with Gasteiger partial charge in [-0.25, -0.2) is 0 Å². The van der Waals surface area contributed by atoms with Gasteiger partial charge in [-0.3, -0.25) is 10.1 Å². The van der Waals surface area contributed by atoms with Gasteiger partial charge in [0.1, 0.15) is 30.0 Å². The number of aromatic hydroxyl groups is 2. The van der Waals surface area contributed by atoms with Crippen molar-refractivity contribution >= 4 is 5.97 Å². The molecule has 0 saturated heterocycles. The van der Waals surface area contributed by atoms with E-state index in [1.807, 2.05) is 0 Å². The van der Waals surface area contributed by atoms with Gasteiger partial charge in [-0.15, -0.1) is 0 Å². The number of hydrogen-bond acceptors (Lipinski definition) is 9. The fourth-order valence-corrected chi connectivity index (χ4v) is 3.07. The van der Waals surface area contributed by atoms with Gasteiger partial charge in [-0.2, -0.15) is 0 Å². The Bertz CT molecular complexity index is 682. The third kappa shape index (κ3) is 3.61. The van der Waals surface area contributed by atoms with Crippen molar-refractivity contribution < 1.29 is 45.6 Å². The SMILES string of the molecule is C[C@@]1(C(=O)O)Cc2cc(O)c(O)cc2[C@H]([C@H](O)[C@@H](O)[C@H](O)[C@H](O)CO)N1. The fraction of sp³-hybridized carbons (Fsp3) is 0.562. The predicted molar refractivity (Wildman–Crippen MR) is 86.5 cm³/mol. The van der Waals surface area contributed by atoms with E-state index in [1.165, 1.54) is 6.92 Å². The van der Waals surface area contributed by atoms with Crippen LogP contribution in [-0.2, 0) is 11.2 Å². The Hall–Kier alpha value is -1.95. The lowest BCUT2D eigenvalue weighted by Crippen LogP contribution is -2.60. The summed E-state index contributed by atoms with van der Waals surface area (Å²) < 4.78 is 0. The molecule has 1 aromatic rings. The lowest BCUT2D eigenvalue weighted by atomic mass is 9.79. The second kappa shape index (κ2) is 7.35. The van der Waals surface area contributed by atoms with Crippen molar-refractivity contribution in [3.8, 4) is 11.5 Å². The molecule has 1 aliphatic heterocycles. The molecule has 0 aliphatic carbocycles. The third-order valence-corrected chi connectivity index (χ3v) is 4.68. The number of aliphatic carboxylic acids is 1. The van der Waals surface area contributed by atoms with Crippen LogP contribution in [0.1, 0.15) is 24.1 Å². The number of nitrogens with one attached hydrogen (secondary N) is 1. The minimum absolute atomic E-state index is 0.0767. The highest BCUT2D eigenvalue weighted by atomic mass is 16.4. The van der Waals surface area contributed by atoms with Gasteiger partial charge in [-0.1, -0.05) is 0 Å². The highest BCUT2D eigenvalue weighted by molar-refractivity contribution is 5.79. The second-order valence-electron chi connectivity index (χ2n) is 6.70. The molecule has 6 atom stereocenters. The molecule has 26 heavy (non-hydrogen) atoms. The highest BCUT2D eigenvalue weighted by Crippen LogP contribution is 2.39. The number of aliphatic hydroxyl groups is 5. The zero-order valence-electron chi connectivity index (χ0n) is 13.9. The number of rotatable bonds is 6. The molecule has 2 rings (SSSR count). The van der Waals surface area contributed by atoms with Crippen molar-refractivity contribution in [1.29, 1.82) is 0 Å². The molecule has 0 aromatic heterocycles. The maximum absolute atomic E-state index is 11.6. The number of phenols is 2. The van der Waals surface area contributed by atoms with Crippen molar-refractivity contribution in [2.45, 2.75) is 49.3 Å². The number of carboxylic acids is 1. The van der Waals surface area contributed by atoms with Crippen LogP contribution in [0.15, 0.2) is 12.1 Å². The predicted octanol–water partition coefficient (Wildman–Crippen LogP) is -2.44. The number of carboxylic acid groups (broad SMARTS) is 1. The van der Waals surface area contributed by atoms with E-state index in [2.05, 4.69) is 5.32 Å². The van der Waals surface area contributed by atoms with E-state index in [9.17, 15) is 40.5 Å². The summed E-state index contributed by atoms with van der Waals surface area (Å²) in [5, 5.41) is 80.3. The van der Waals surface area contributed by atoms with Gasteiger partial charge in [0, 0.05) is 6.42 Å². The minimum atomic E-state index is -1.94. The first-order chi connectivity index (χ1) is 12.0. The van der Waals surface area contributed by atoms with Gasteiger partial charge >= 0.3 is 5.97 Å². The average Bonchev–Trinajstić information content (AvgIpc) is 2.59. The van der Waals surface area contributed by atoms with Crippen LogP contribution < -0.4 is 5.32 Å². The summed E-state index contributed by atoms with van der Waals surface area (Å²) >= 11 is 0. The lowest BCUT2D eigenvalue weighted by Gasteiger charge is -2.42. The van der Waals surface area contributed by atoms with Crippen LogP contribution in [0.3, 0.4) is 0 Å². The number of benzene rings is 1. The molecule has 146 valence electrons. The molecule has 0 radical (unpaired) electrons. The summed E-state index contributed by atoms with van der Waals surface area (Å²) in [6.45, 7) is 0.481. The largest absolute Gasteiger partial charge is 0.504 e. The summed E-state index contributed by atoms with van der Waals surface area (Å²) in [6, 6.07) is 1.04. The second-order valence-corrected chi connectivity index (χ2v) is 6.70. The molecule has 9 N–H and O–H groups in total. The van der Waals surface area contributed by atoms with E-state index in [4.69, 9.17) is 5.11 Å². The molecule has 0 fully saturated rings. The van der Waals surface area contributed by atoms with Crippen molar-refractivity contribution in [3.05, 3.63) is 23.3 Å². The number of fused-ring (bicyclic) bond motifs is 1. The van der Waals surface area contributed by atoms with Crippen molar-refractivity contribution in [2.75, 3.05) is 6.61 Å². The van der Waals surface area contributed by atoms with Gasteiger partial charge in [0.25, 0.3) is 0 Å². The van der Waals surface area contributed by atoms with Crippen molar-refractivity contribution in [1.82, 2.24) is 5.32 Å². The molecule has 0 bridgehead atoms. The van der Waals surface area contributed by atoms with E-state index < -0.39 is 60.1 Å². The molecular weight excluding hydrogens is 350 g/mol. The topological polar surface area (TPSA) is 191 Å². The van der Waals surface area contributed by atoms with Crippen molar-refractivity contribution in [3.63, 3.8) is 0 Å². The number of aliphatic hydroxyl groups excluding tert-OH is 5. The zero-order valence-corrected chi connectivity index (χ0v) is 13.9. The number of hydrogen-bond donors (Lipinski definition) is 9. The lowest BCUT2D eigenvalue weighted by molar-refractivity contribution is -0.147. The van der Waals surface area contributed by atoms with Crippen LogP contribution in [0.4, 0.5) is 0 Å². The zero-order chi connectivity index (χ0) is 19.8. The highest BCUT2D eigenvalue weighted by Gasteiger charge is 2.46. The number of phenolic OH excluding ortho intramolecular Hbond substituents is 2. The van der Waals surface area contributed by atoms with Gasteiger partial charge in [0.2, 0.25) is 0 Å². The summed E-state index contributed by atoms with van der Waals surface area (Å²) in [4.78, 5) is 11.6. The van der Waals surface area contributed by atoms with E-state index in [1.54, 1.807) is 0 Å². The molecule has 1 heterocycles. The third-order valence-electron chi connectivity index (χ3n) is 4.68. The molecule has 1 aliphatic rings. The van der Waals surface area contributed by atoms with Crippen molar-refractivity contribution in [2.24, 2.45) is 0 Å². The molecule has 0 amide bonds. The Morgan fingerprint density at radius 2 is 1.77 bits per heavy atom. The van der Waals surface area contributed by atoms with Crippen LogP contribution in [0, 0.1) is 0 Å². The summed E-state index contributed by atoms with van der Waals surface area (Å²) in [5.74, 6) is -2.23. The monoisotopic (exact) mass is 373 g/mol. The van der Waals surface area contributed by atoms with Crippen LogP contribution in [0.5, 0.6) is 11.5 Å². The maximum atomic E-state index is 11.6. The molecule has 0 saturated carbocycles. The molecule has 0 unspecified atom stereocenters. The molecule has 1 aromatic carbocycles. The Kier molecular flexibility index (Phi) is 5.76. The Morgan fingerprint density at radius 3 is 2.31 bits per heavy atom. The van der Waals surface area contributed by atoms with E-state index in [0.29, 0.717) is 5.56 Å². The fourth-order valence-electron chi connectivity index (χ4n) is 3.07. The van der Waals surface area contributed by atoms with E-state index in [0.717, 1.165) is 12.1 Å². The smallest absolute Gasteiger partial charge is 0.323 e. The molecule has 10 heteroatoms. The molecule has 0 spiro atoms.